The quantitative estimate of drug-likeness (QED) is 0.820. The summed E-state index contributed by atoms with van der Waals surface area (Å²) in [5.74, 6) is 0.551. The molecule has 0 aliphatic heterocycles. The van der Waals surface area contributed by atoms with Crippen molar-refractivity contribution in [1.82, 2.24) is 9.55 Å². The molecule has 1 aromatic carbocycles. The van der Waals surface area contributed by atoms with Crippen LogP contribution < -0.4 is 11.1 Å². The third-order valence-electron chi connectivity index (χ3n) is 2.85. The number of hydrogen-bond donors (Lipinski definition) is 2. The Kier molecular flexibility index (Phi) is 4.11. The first-order valence-electron chi connectivity index (χ1n) is 5.88. The van der Waals surface area contributed by atoms with Crippen molar-refractivity contribution >= 4 is 22.9 Å². The van der Waals surface area contributed by atoms with Crippen molar-refractivity contribution in [2.24, 2.45) is 12.8 Å². The number of aryl methyl sites for hydroxylation is 1. The van der Waals surface area contributed by atoms with Crippen LogP contribution >= 0.6 is 12.2 Å². The van der Waals surface area contributed by atoms with Crippen molar-refractivity contribution in [3.8, 4) is 0 Å². The molecule has 19 heavy (non-hydrogen) atoms. The van der Waals surface area contributed by atoms with Gasteiger partial charge in [-0.1, -0.05) is 18.3 Å². The topological polar surface area (TPSA) is 55.9 Å². The number of nitrogens with two attached hydrogens (primary N) is 1. The molecule has 0 bridgehead atoms. The van der Waals surface area contributed by atoms with Crippen LogP contribution in [0.15, 0.2) is 30.6 Å². The minimum absolute atomic E-state index is 0.0533. The zero-order chi connectivity index (χ0) is 13.8. The summed E-state index contributed by atoms with van der Waals surface area (Å²) in [7, 11) is 1.94. The lowest BCUT2D eigenvalue weighted by Crippen LogP contribution is -2.17. The van der Waals surface area contributed by atoms with Gasteiger partial charge in [-0.2, -0.15) is 0 Å². The average Bonchev–Trinajstić information content (AvgIpc) is 2.75. The highest BCUT2D eigenvalue weighted by Gasteiger charge is 2.10. The number of nitrogens with zero attached hydrogens (tertiary/aromatic N) is 2. The second-order valence-corrected chi connectivity index (χ2v) is 4.60. The fraction of sp³-hybridized carbons (Fsp3) is 0.231. The van der Waals surface area contributed by atoms with Crippen LogP contribution in [-0.2, 0) is 13.5 Å². The first kappa shape index (κ1) is 13.5. The normalized spacial score (nSPS) is 10.4. The Labute approximate surface area is 116 Å². The smallest absolute Gasteiger partial charge is 0.135 e. The van der Waals surface area contributed by atoms with Gasteiger partial charge in [-0.05, 0) is 12.1 Å². The van der Waals surface area contributed by atoms with E-state index in [1.165, 1.54) is 6.07 Å². The molecule has 100 valence electrons. The lowest BCUT2D eigenvalue weighted by atomic mass is 10.1. The number of nitrogens with one attached hydrogen (secondary N) is 1. The molecular formula is C13H15FN4S. The lowest BCUT2D eigenvalue weighted by molar-refractivity contribution is 0.626. The molecule has 0 atom stereocenters. The molecule has 3 N–H and O–H groups in total. The van der Waals surface area contributed by atoms with Gasteiger partial charge in [-0.25, -0.2) is 9.37 Å². The molecule has 0 fully saturated rings. The SMILES string of the molecule is Cn1ccnc1CCNc1cccc(F)c1C(N)=S. The highest BCUT2D eigenvalue weighted by molar-refractivity contribution is 7.80. The van der Waals surface area contributed by atoms with E-state index in [1.54, 1.807) is 18.3 Å². The van der Waals surface area contributed by atoms with Crippen molar-refractivity contribution < 1.29 is 4.39 Å². The van der Waals surface area contributed by atoms with Crippen molar-refractivity contribution in [3.05, 3.63) is 47.8 Å². The van der Waals surface area contributed by atoms with Crippen LogP contribution in [0, 0.1) is 5.82 Å². The maximum absolute atomic E-state index is 13.6. The van der Waals surface area contributed by atoms with Gasteiger partial charge in [-0.3, -0.25) is 0 Å². The molecule has 2 rings (SSSR count). The van der Waals surface area contributed by atoms with Gasteiger partial charge < -0.3 is 15.6 Å². The van der Waals surface area contributed by atoms with Crippen molar-refractivity contribution in [3.63, 3.8) is 0 Å². The van der Waals surface area contributed by atoms with Crippen LogP contribution in [0.2, 0.25) is 0 Å². The molecular weight excluding hydrogens is 263 g/mol. The molecule has 4 nitrogen and oxygen atoms in total. The zero-order valence-corrected chi connectivity index (χ0v) is 11.4. The molecule has 0 saturated heterocycles. The Morgan fingerprint density at radius 1 is 1.53 bits per heavy atom. The first-order valence-corrected chi connectivity index (χ1v) is 6.29. The zero-order valence-electron chi connectivity index (χ0n) is 10.6. The maximum Gasteiger partial charge on any atom is 0.135 e. The van der Waals surface area contributed by atoms with E-state index in [0.29, 0.717) is 12.2 Å². The van der Waals surface area contributed by atoms with E-state index >= 15 is 0 Å². The molecule has 0 aliphatic carbocycles. The summed E-state index contributed by atoms with van der Waals surface area (Å²) in [4.78, 5) is 4.27. The van der Waals surface area contributed by atoms with E-state index in [4.69, 9.17) is 18.0 Å². The maximum atomic E-state index is 13.6. The van der Waals surface area contributed by atoms with Crippen molar-refractivity contribution in [2.45, 2.75) is 6.42 Å². The Hall–Kier alpha value is -1.95. The van der Waals surface area contributed by atoms with E-state index in [2.05, 4.69) is 10.3 Å². The van der Waals surface area contributed by atoms with E-state index < -0.39 is 5.82 Å². The molecule has 2 aromatic rings. The molecule has 0 radical (unpaired) electrons. The number of aromatic nitrogens is 2. The Bertz CT molecular complexity index is 594. The van der Waals surface area contributed by atoms with Crippen LogP contribution in [0.5, 0.6) is 0 Å². The first-order chi connectivity index (χ1) is 9.09. The van der Waals surface area contributed by atoms with Crippen molar-refractivity contribution in [1.29, 1.82) is 0 Å². The molecule has 0 saturated carbocycles. The number of rotatable bonds is 5. The van der Waals surface area contributed by atoms with Gasteiger partial charge in [0.15, 0.2) is 0 Å². The number of thiocarbonyl (C=S) groups is 1. The van der Waals surface area contributed by atoms with Crippen LogP contribution in [0.3, 0.4) is 0 Å². The Morgan fingerprint density at radius 2 is 2.32 bits per heavy atom. The van der Waals surface area contributed by atoms with E-state index in [9.17, 15) is 4.39 Å². The summed E-state index contributed by atoms with van der Waals surface area (Å²) < 4.78 is 15.6. The Morgan fingerprint density at radius 3 is 2.95 bits per heavy atom. The van der Waals surface area contributed by atoms with E-state index in [1.807, 2.05) is 17.8 Å². The summed E-state index contributed by atoms with van der Waals surface area (Å²) in [6.45, 7) is 0.629. The summed E-state index contributed by atoms with van der Waals surface area (Å²) in [5, 5.41) is 3.14. The van der Waals surface area contributed by atoms with Gasteiger partial charge >= 0.3 is 0 Å². The van der Waals surface area contributed by atoms with Crippen LogP contribution in [-0.4, -0.2) is 21.1 Å². The summed E-state index contributed by atoms with van der Waals surface area (Å²) in [6.07, 6.45) is 4.37. The third kappa shape index (κ3) is 3.08. The molecule has 0 spiro atoms. The molecule has 0 unspecified atom stereocenters. The molecule has 6 heteroatoms. The molecule has 1 aromatic heterocycles. The number of imidazole rings is 1. The Balaban J connectivity index is 2.06. The highest BCUT2D eigenvalue weighted by atomic mass is 32.1. The summed E-state index contributed by atoms with van der Waals surface area (Å²) in [5.41, 5.74) is 6.41. The van der Waals surface area contributed by atoms with Gasteiger partial charge in [-0.15, -0.1) is 0 Å². The van der Waals surface area contributed by atoms with Gasteiger partial charge in [0.1, 0.15) is 16.6 Å². The highest BCUT2D eigenvalue weighted by Crippen LogP contribution is 2.18. The van der Waals surface area contributed by atoms with Gasteiger partial charge in [0, 0.05) is 38.1 Å². The second-order valence-electron chi connectivity index (χ2n) is 4.16. The molecule has 0 amide bonds. The van der Waals surface area contributed by atoms with E-state index in [-0.39, 0.29) is 10.6 Å². The lowest BCUT2D eigenvalue weighted by Gasteiger charge is -2.11. The third-order valence-corrected chi connectivity index (χ3v) is 3.05. The van der Waals surface area contributed by atoms with Gasteiger partial charge in [0.25, 0.3) is 0 Å². The number of anilines is 1. The summed E-state index contributed by atoms with van der Waals surface area (Å²) in [6, 6.07) is 4.73. The van der Waals surface area contributed by atoms with Gasteiger partial charge in [0.05, 0.1) is 5.56 Å². The van der Waals surface area contributed by atoms with E-state index in [0.717, 1.165) is 12.2 Å². The fourth-order valence-corrected chi connectivity index (χ4v) is 2.08. The number of benzene rings is 1. The van der Waals surface area contributed by atoms with Crippen molar-refractivity contribution in [2.75, 3.05) is 11.9 Å². The average molecular weight is 278 g/mol. The molecule has 1 heterocycles. The monoisotopic (exact) mass is 278 g/mol. The number of halogens is 1. The van der Waals surface area contributed by atoms with Crippen LogP contribution in [0.4, 0.5) is 10.1 Å². The largest absolute Gasteiger partial charge is 0.389 e. The number of hydrogen-bond acceptors (Lipinski definition) is 3. The predicted molar refractivity (Wildman–Crippen MR) is 77.7 cm³/mol. The van der Waals surface area contributed by atoms with Gasteiger partial charge in [0.2, 0.25) is 0 Å². The summed E-state index contributed by atoms with van der Waals surface area (Å²) >= 11 is 4.87. The minimum Gasteiger partial charge on any atom is -0.389 e. The predicted octanol–water partition coefficient (Wildman–Crippen LogP) is 1.85. The van der Waals surface area contributed by atoms with Crippen LogP contribution in [0.1, 0.15) is 11.4 Å². The van der Waals surface area contributed by atoms with Crippen LogP contribution in [0.25, 0.3) is 0 Å². The molecule has 0 aliphatic rings. The minimum atomic E-state index is -0.408. The fourth-order valence-electron chi connectivity index (χ4n) is 1.87. The standard InChI is InChI=1S/C13H15FN4S/c1-18-8-7-17-11(18)5-6-16-10-4-2-3-9(14)12(10)13(15)19/h2-4,7-8,16H,5-6H2,1H3,(H2,15,19). The second kappa shape index (κ2) is 5.79.